The second-order valence-electron chi connectivity index (χ2n) is 6.89. The Morgan fingerprint density at radius 1 is 1.21 bits per heavy atom. The summed E-state index contributed by atoms with van der Waals surface area (Å²) in [5.41, 5.74) is 2.83. The van der Waals surface area contributed by atoms with Gasteiger partial charge in [0.2, 0.25) is 0 Å². The first kappa shape index (κ1) is 20.7. The zero-order chi connectivity index (χ0) is 20.1. The van der Waals surface area contributed by atoms with Gasteiger partial charge in [-0.15, -0.1) is 11.3 Å². The number of thiocarbonyl (C=S) groups is 1. The summed E-state index contributed by atoms with van der Waals surface area (Å²) in [5.74, 6) is -0.605. The lowest BCUT2D eigenvalue weighted by Crippen LogP contribution is -2.20. The molecule has 4 nitrogen and oxygen atoms in total. The minimum Gasteiger partial charge on any atom is -0.462 e. The summed E-state index contributed by atoms with van der Waals surface area (Å²) in [5, 5.41) is 7.17. The Bertz CT molecular complexity index is 880. The van der Waals surface area contributed by atoms with Gasteiger partial charge in [0, 0.05) is 10.6 Å². The Morgan fingerprint density at radius 2 is 1.96 bits per heavy atom. The maximum Gasteiger partial charge on any atom is 0.341 e. The SMILES string of the molecule is CCOC(=O)c1c(NC(=S)Nc2ccc(C)c(F)c2)sc2c1CCCCCC2. The molecule has 150 valence electrons. The molecule has 3 rings (SSSR count). The largest absolute Gasteiger partial charge is 0.462 e. The van der Waals surface area contributed by atoms with Crippen LogP contribution in [-0.4, -0.2) is 17.7 Å². The fourth-order valence-corrected chi connectivity index (χ4v) is 4.93. The van der Waals surface area contributed by atoms with E-state index in [1.165, 1.54) is 23.8 Å². The van der Waals surface area contributed by atoms with Crippen molar-refractivity contribution in [3.8, 4) is 0 Å². The highest BCUT2D eigenvalue weighted by molar-refractivity contribution is 7.80. The van der Waals surface area contributed by atoms with Crippen molar-refractivity contribution >= 4 is 45.3 Å². The number of ether oxygens (including phenoxy) is 1. The van der Waals surface area contributed by atoms with E-state index in [2.05, 4.69) is 10.6 Å². The summed E-state index contributed by atoms with van der Waals surface area (Å²) < 4.78 is 19.1. The molecule has 28 heavy (non-hydrogen) atoms. The van der Waals surface area contributed by atoms with E-state index in [-0.39, 0.29) is 11.8 Å². The Hall–Kier alpha value is -1.99. The zero-order valence-electron chi connectivity index (χ0n) is 16.2. The minimum atomic E-state index is -0.313. The number of rotatable bonds is 4. The molecular formula is C21H25FN2O2S2. The van der Waals surface area contributed by atoms with E-state index in [4.69, 9.17) is 17.0 Å². The highest BCUT2D eigenvalue weighted by Gasteiger charge is 2.25. The smallest absolute Gasteiger partial charge is 0.341 e. The van der Waals surface area contributed by atoms with E-state index in [0.29, 0.717) is 33.5 Å². The van der Waals surface area contributed by atoms with Crippen molar-refractivity contribution in [3.63, 3.8) is 0 Å². The Kier molecular flexibility index (Phi) is 7.02. The topological polar surface area (TPSA) is 50.4 Å². The van der Waals surface area contributed by atoms with E-state index in [1.54, 1.807) is 37.3 Å². The number of carbonyl (C=O) groups is 1. The first-order valence-electron chi connectivity index (χ1n) is 9.65. The van der Waals surface area contributed by atoms with Crippen molar-refractivity contribution in [1.82, 2.24) is 0 Å². The van der Waals surface area contributed by atoms with Gasteiger partial charge in [0.05, 0.1) is 12.2 Å². The number of aryl methyl sites for hydroxylation is 2. The van der Waals surface area contributed by atoms with Crippen LogP contribution in [0.4, 0.5) is 15.1 Å². The zero-order valence-corrected chi connectivity index (χ0v) is 17.8. The molecule has 0 saturated carbocycles. The number of benzene rings is 1. The van der Waals surface area contributed by atoms with Crippen LogP contribution >= 0.6 is 23.6 Å². The van der Waals surface area contributed by atoms with Gasteiger partial charge in [-0.2, -0.15) is 0 Å². The molecule has 0 atom stereocenters. The molecule has 0 radical (unpaired) electrons. The lowest BCUT2D eigenvalue weighted by Gasteiger charge is -2.13. The molecule has 1 aromatic heterocycles. The molecule has 1 heterocycles. The summed E-state index contributed by atoms with van der Waals surface area (Å²) in [6.07, 6.45) is 6.44. The van der Waals surface area contributed by atoms with Gasteiger partial charge in [0.15, 0.2) is 5.11 Å². The van der Waals surface area contributed by atoms with Crippen LogP contribution in [0.1, 0.15) is 59.0 Å². The average molecular weight is 421 g/mol. The molecule has 0 fully saturated rings. The minimum absolute atomic E-state index is 0.292. The summed E-state index contributed by atoms with van der Waals surface area (Å²) >= 11 is 6.98. The third-order valence-electron chi connectivity index (χ3n) is 4.81. The molecule has 2 aromatic rings. The predicted molar refractivity (Wildman–Crippen MR) is 117 cm³/mol. The van der Waals surface area contributed by atoms with Gasteiger partial charge in [-0.3, -0.25) is 0 Å². The van der Waals surface area contributed by atoms with Crippen LogP contribution in [0.2, 0.25) is 0 Å². The number of carbonyl (C=O) groups excluding carboxylic acids is 1. The lowest BCUT2D eigenvalue weighted by atomic mass is 9.96. The third kappa shape index (κ3) is 4.89. The molecule has 0 saturated heterocycles. The van der Waals surface area contributed by atoms with E-state index in [0.717, 1.165) is 31.2 Å². The van der Waals surface area contributed by atoms with Crippen molar-refractivity contribution in [1.29, 1.82) is 0 Å². The van der Waals surface area contributed by atoms with Crippen molar-refractivity contribution in [2.24, 2.45) is 0 Å². The first-order chi connectivity index (χ1) is 13.5. The normalized spacial score (nSPS) is 13.8. The van der Waals surface area contributed by atoms with Crippen LogP contribution < -0.4 is 10.6 Å². The molecule has 0 unspecified atom stereocenters. The van der Waals surface area contributed by atoms with Crippen LogP contribution in [0.5, 0.6) is 0 Å². The van der Waals surface area contributed by atoms with Crippen molar-refractivity contribution in [3.05, 3.63) is 45.6 Å². The monoisotopic (exact) mass is 420 g/mol. The summed E-state index contributed by atoms with van der Waals surface area (Å²) in [7, 11) is 0. The van der Waals surface area contributed by atoms with Crippen molar-refractivity contribution in [2.75, 3.05) is 17.2 Å². The second kappa shape index (κ2) is 9.47. The molecule has 0 spiro atoms. The van der Waals surface area contributed by atoms with Gasteiger partial charge in [0.25, 0.3) is 0 Å². The lowest BCUT2D eigenvalue weighted by molar-refractivity contribution is 0.0526. The summed E-state index contributed by atoms with van der Waals surface area (Å²) in [6.45, 7) is 3.84. The summed E-state index contributed by atoms with van der Waals surface area (Å²) in [4.78, 5) is 13.9. The average Bonchev–Trinajstić information content (AvgIpc) is 2.94. The van der Waals surface area contributed by atoms with Crippen LogP contribution in [-0.2, 0) is 17.6 Å². The number of fused-ring (bicyclic) bond motifs is 1. The van der Waals surface area contributed by atoms with Gasteiger partial charge >= 0.3 is 5.97 Å². The molecule has 1 aliphatic carbocycles. The van der Waals surface area contributed by atoms with Crippen molar-refractivity contribution in [2.45, 2.75) is 52.4 Å². The molecule has 1 aromatic carbocycles. The number of nitrogens with one attached hydrogen (secondary N) is 2. The Labute approximate surface area is 174 Å². The molecular weight excluding hydrogens is 395 g/mol. The van der Waals surface area contributed by atoms with Crippen molar-refractivity contribution < 1.29 is 13.9 Å². The standard InChI is InChI=1S/C21H25FN2O2S2/c1-3-26-20(25)18-15-8-6-4-5-7-9-17(15)28-19(18)24-21(27)23-14-11-10-13(2)16(22)12-14/h10-12H,3-9H2,1-2H3,(H2,23,24,27). The number of thiophene rings is 1. The molecule has 0 bridgehead atoms. The van der Waals surface area contributed by atoms with Gasteiger partial charge in [0.1, 0.15) is 10.8 Å². The van der Waals surface area contributed by atoms with Crippen LogP contribution in [0.15, 0.2) is 18.2 Å². The molecule has 0 amide bonds. The maximum absolute atomic E-state index is 13.8. The maximum atomic E-state index is 13.8. The van der Waals surface area contributed by atoms with E-state index in [1.807, 2.05) is 0 Å². The number of anilines is 2. The van der Waals surface area contributed by atoms with Crippen LogP contribution in [0.25, 0.3) is 0 Å². The Morgan fingerprint density at radius 3 is 2.68 bits per heavy atom. The van der Waals surface area contributed by atoms with Gasteiger partial charge in [-0.05, 0) is 75.0 Å². The van der Waals surface area contributed by atoms with E-state index >= 15 is 0 Å². The molecule has 0 aliphatic heterocycles. The van der Waals surface area contributed by atoms with E-state index in [9.17, 15) is 9.18 Å². The highest BCUT2D eigenvalue weighted by atomic mass is 32.1. The highest BCUT2D eigenvalue weighted by Crippen LogP contribution is 2.37. The number of hydrogen-bond donors (Lipinski definition) is 2. The number of hydrogen-bond acceptors (Lipinski definition) is 4. The summed E-state index contributed by atoms with van der Waals surface area (Å²) in [6, 6.07) is 4.87. The predicted octanol–water partition coefficient (Wildman–Crippen LogP) is 5.84. The second-order valence-corrected chi connectivity index (χ2v) is 8.40. The molecule has 2 N–H and O–H groups in total. The van der Waals surface area contributed by atoms with Gasteiger partial charge in [-0.25, -0.2) is 9.18 Å². The quantitative estimate of drug-likeness (QED) is 0.481. The first-order valence-corrected chi connectivity index (χ1v) is 10.9. The molecule has 7 heteroatoms. The molecule has 1 aliphatic rings. The van der Waals surface area contributed by atoms with E-state index < -0.39 is 0 Å². The third-order valence-corrected chi connectivity index (χ3v) is 6.22. The van der Waals surface area contributed by atoms with Crippen LogP contribution in [0.3, 0.4) is 0 Å². The Balaban J connectivity index is 1.84. The fraction of sp³-hybridized carbons (Fsp3) is 0.429. The van der Waals surface area contributed by atoms with Gasteiger partial charge < -0.3 is 15.4 Å². The fourth-order valence-electron chi connectivity index (χ4n) is 3.36. The van der Waals surface area contributed by atoms with Crippen LogP contribution in [0, 0.1) is 12.7 Å². The van der Waals surface area contributed by atoms with Gasteiger partial charge in [-0.1, -0.05) is 18.9 Å². The number of esters is 1. The number of halogens is 1.